The molecule has 2 N–H and O–H groups in total. The van der Waals surface area contributed by atoms with Gasteiger partial charge in [0.05, 0.1) is 6.61 Å². The van der Waals surface area contributed by atoms with Crippen molar-refractivity contribution in [3.8, 4) is 0 Å². The Kier molecular flexibility index (Phi) is 3.98. The van der Waals surface area contributed by atoms with E-state index in [0.717, 1.165) is 0 Å². The van der Waals surface area contributed by atoms with E-state index in [1.807, 2.05) is 0 Å². The van der Waals surface area contributed by atoms with Crippen LogP contribution < -0.4 is 11.4 Å². The molecule has 1 aliphatic heterocycles. The van der Waals surface area contributed by atoms with E-state index in [4.69, 9.17) is 19.9 Å². The minimum atomic E-state index is -0.620. The Hall–Kier alpha value is -1.70. The number of hydrogen-bond donors (Lipinski definition) is 1. The molecule has 0 amide bonds. The Morgan fingerprint density at radius 3 is 2.89 bits per heavy atom. The normalized spacial score (nSPS) is 26.8. The molecule has 7 nitrogen and oxygen atoms in total. The Labute approximate surface area is 110 Å². The lowest BCUT2D eigenvalue weighted by Gasteiger charge is -2.15. The zero-order chi connectivity index (χ0) is 14.0. The summed E-state index contributed by atoms with van der Waals surface area (Å²) >= 11 is 0. The number of aromatic nitrogens is 2. The van der Waals surface area contributed by atoms with Crippen LogP contribution in [0.3, 0.4) is 0 Å². The van der Waals surface area contributed by atoms with Gasteiger partial charge in [0.25, 0.3) is 0 Å². The molecular weight excluding hydrogens is 250 g/mol. The Morgan fingerprint density at radius 1 is 1.58 bits per heavy atom. The summed E-state index contributed by atoms with van der Waals surface area (Å²) in [6.45, 7) is 4.29. The van der Waals surface area contributed by atoms with Crippen LogP contribution in [0.15, 0.2) is 29.2 Å². The van der Waals surface area contributed by atoms with Crippen LogP contribution >= 0.6 is 0 Å². The first-order valence-electron chi connectivity index (χ1n) is 5.79. The molecule has 1 fully saturated rings. The molecule has 0 aromatic carbocycles. The summed E-state index contributed by atoms with van der Waals surface area (Å²) in [5, 5.41) is 0. The van der Waals surface area contributed by atoms with E-state index in [9.17, 15) is 4.79 Å². The zero-order valence-corrected chi connectivity index (χ0v) is 10.9. The van der Waals surface area contributed by atoms with Crippen LogP contribution in [0.4, 0.5) is 5.82 Å². The minimum absolute atomic E-state index is 0.168. The highest BCUT2D eigenvalue weighted by atomic mass is 16.6. The summed E-state index contributed by atoms with van der Waals surface area (Å²) in [7, 11) is 3.14. The van der Waals surface area contributed by atoms with Crippen molar-refractivity contribution < 1.29 is 14.2 Å². The predicted octanol–water partition coefficient (Wildman–Crippen LogP) is -0.0595. The third-order valence-electron chi connectivity index (χ3n) is 3.01. The number of nitrogens with zero attached hydrogens (tertiary/aromatic N) is 2. The second kappa shape index (κ2) is 5.52. The largest absolute Gasteiger partial charge is 0.383 e. The number of anilines is 1. The molecule has 1 unspecified atom stereocenters. The summed E-state index contributed by atoms with van der Waals surface area (Å²) < 4.78 is 17.5. The third-order valence-corrected chi connectivity index (χ3v) is 3.01. The van der Waals surface area contributed by atoms with Crippen molar-refractivity contribution in [1.82, 2.24) is 9.55 Å². The van der Waals surface area contributed by atoms with Gasteiger partial charge in [0, 0.05) is 26.0 Å². The maximum absolute atomic E-state index is 11.8. The van der Waals surface area contributed by atoms with Gasteiger partial charge in [0.15, 0.2) is 6.23 Å². The Morgan fingerprint density at radius 2 is 2.32 bits per heavy atom. The molecule has 2 rings (SSSR count). The lowest BCUT2D eigenvalue weighted by Crippen LogP contribution is -2.28. The van der Waals surface area contributed by atoms with Gasteiger partial charge >= 0.3 is 5.69 Å². The highest BCUT2D eigenvalue weighted by molar-refractivity contribution is 5.25. The van der Waals surface area contributed by atoms with Gasteiger partial charge in [-0.3, -0.25) is 4.57 Å². The summed E-state index contributed by atoms with van der Waals surface area (Å²) in [5.74, 6) is 0.168. The SMILES string of the molecule is C=C1C(n2ccc(N)nc2=O)O[C@H](COC)[C@H]1OC. The molecule has 0 bridgehead atoms. The quantitative estimate of drug-likeness (QED) is 0.769. The van der Waals surface area contributed by atoms with E-state index in [2.05, 4.69) is 11.6 Å². The molecule has 0 saturated carbocycles. The zero-order valence-electron chi connectivity index (χ0n) is 10.9. The highest BCUT2D eigenvalue weighted by Gasteiger charge is 2.40. The van der Waals surface area contributed by atoms with Crippen LogP contribution in [0.2, 0.25) is 0 Å². The van der Waals surface area contributed by atoms with Gasteiger partial charge in [-0.25, -0.2) is 4.79 Å². The first kappa shape index (κ1) is 13.7. The lowest BCUT2D eigenvalue weighted by atomic mass is 10.1. The summed E-state index contributed by atoms with van der Waals surface area (Å²) in [6, 6.07) is 1.53. The molecule has 1 aromatic rings. The molecule has 2 heterocycles. The lowest BCUT2D eigenvalue weighted by molar-refractivity contribution is -0.0615. The van der Waals surface area contributed by atoms with Crippen LogP contribution in [-0.2, 0) is 14.2 Å². The maximum atomic E-state index is 11.8. The van der Waals surface area contributed by atoms with Crippen molar-refractivity contribution in [3.05, 3.63) is 34.9 Å². The predicted molar refractivity (Wildman–Crippen MR) is 68.6 cm³/mol. The molecule has 7 heteroatoms. The van der Waals surface area contributed by atoms with E-state index >= 15 is 0 Å². The van der Waals surface area contributed by atoms with E-state index in [1.54, 1.807) is 14.2 Å². The smallest absolute Gasteiger partial charge is 0.351 e. The number of nitrogen functional groups attached to an aromatic ring is 1. The van der Waals surface area contributed by atoms with Crippen molar-refractivity contribution in [2.45, 2.75) is 18.4 Å². The Balaban J connectivity index is 2.30. The van der Waals surface area contributed by atoms with Gasteiger partial charge in [0.2, 0.25) is 0 Å². The average molecular weight is 267 g/mol. The molecule has 104 valence electrons. The third kappa shape index (κ3) is 2.53. The number of rotatable bonds is 4. The van der Waals surface area contributed by atoms with Crippen molar-refractivity contribution in [2.24, 2.45) is 0 Å². The fourth-order valence-corrected chi connectivity index (χ4v) is 2.15. The molecule has 1 saturated heterocycles. The van der Waals surface area contributed by atoms with Crippen LogP contribution in [0.25, 0.3) is 0 Å². The van der Waals surface area contributed by atoms with Gasteiger partial charge in [-0.05, 0) is 6.07 Å². The first-order valence-corrected chi connectivity index (χ1v) is 5.79. The van der Waals surface area contributed by atoms with Gasteiger partial charge in [0.1, 0.15) is 18.0 Å². The van der Waals surface area contributed by atoms with Gasteiger partial charge < -0.3 is 19.9 Å². The molecule has 1 aromatic heterocycles. The molecular formula is C12H17N3O4. The van der Waals surface area contributed by atoms with E-state index in [1.165, 1.54) is 16.8 Å². The number of nitrogens with two attached hydrogens (primary N) is 1. The van der Waals surface area contributed by atoms with Crippen LogP contribution in [0, 0.1) is 0 Å². The molecule has 1 aliphatic rings. The van der Waals surface area contributed by atoms with Crippen molar-refractivity contribution in [1.29, 1.82) is 0 Å². The van der Waals surface area contributed by atoms with Crippen molar-refractivity contribution in [3.63, 3.8) is 0 Å². The first-order chi connectivity index (χ1) is 9.08. The summed E-state index contributed by atoms with van der Waals surface area (Å²) in [4.78, 5) is 15.5. The van der Waals surface area contributed by atoms with Crippen molar-refractivity contribution >= 4 is 5.82 Å². The van der Waals surface area contributed by atoms with Crippen LogP contribution in [0.5, 0.6) is 0 Å². The number of hydrogen-bond acceptors (Lipinski definition) is 6. The Bertz CT molecular complexity index is 528. The maximum Gasteiger partial charge on any atom is 0.351 e. The minimum Gasteiger partial charge on any atom is -0.383 e. The number of methoxy groups -OCH3 is 2. The number of ether oxygens (including phenoxy) is 3. The van der Waals surface area contributed by atoms with Crippen LogP contribution in [-0.4, -0.2) is 42.6 Å². The van der Waals surface area contributed by atoms with E-state index in [0.29, 0.717) is 12.2 Å². The average Bonchev–Trinajstić information content (AvgIpc) is 2.66. The van der Waals surface area contributed by atoms with Crippen LogP contribution in [0.1, 0.15) is 6.23 Å². The van der Waals surface area contributed by atoms with Gasteiger partial charge in [-0.1, -0.05) is 6.58 Å². The molecule has 0 radical (unpaired) electrons. The highest BCUT2D eigenvalue weighted by Crippen LogP contribution is 2.33. The van der Waals surface area contributed by atoms with E-state index < -0.39 is 11.9 Å². The van der Waals surface area contributed by atoms with Crippen molar-refractivity contribution in [2.75, 3.05) is 26.6 Å². The second-order valence-electron chi connectivity index (χ2n) is 4.26. The topological polar surface area (TPSA) is 88.6 Å². The molecule has 0 spiro atoms. The van der Waals surface area contributed by atoms with Gasteiger partial charge in [-0.2, -0.15) is 4.98 Å². The second-order valence-corrected chi connectivity index (χ2v) is 4.26. The summed E-state index contributed by atoms with van der Waals surface area (Å²) in [6.07, 6.45) is 0.277. The standard InChI is InChI=1S/C12H17N3O4/c1-7-10(18-3)8(6-17-2)19-11(7)15-5-4-9(13)14-12(15)16/h4-5,8,10-11H,1,6H2,2-3H3,(H2,13,14,16)/t8-,10+,11?/m1/s1. The molecule has 3 atom stereocenters. The monoisotopic (exact) mass is 267 g/mol. The fraction of sp³-hybridized carbons (Fsp3) is 0.500. The van der Waals surface area contributed by atoms with Gasteiger partial charge in [-0.15, -0.1) is 0 Å². The fourth-order valence-electron chi connectivity index (χ4n) is 2.15. The molecule has 19 heavy (non-hydrogen) atoms. The summed E-state index contributed by atoms with van der Waals surface area (Å²) in [5.41, 5.74) is 5.62. The molecule has 0 aliphatic carbocycles. The van der Waals surface area contributed by atoms with E-state index in [-0.39, 0.29) is 18.0 Å².